The number of hydrogen-bond donors (Lipinski definition) is 1. The van der Waals surface area contributed by atoms with Crippen molar-refractivity contribution in [3.63, 3.8) is 0 Å². The third-order valence-corrected chi connectivity index (χ3v) is 5.77. The zero-order valence-corrected chi connectivity index (χ0v) is 14.7. The largest absolute Gasteiger partial charge is 0.342 e. The summed E-state index contributed by atoms with van der Waals surface area (Å²) in [4.78, 5) is 30.7. The molecule has 2 fully saturated rings. The van der Waals surface area contributed by atoms with Gasteiger partial charge in [0.2, 0.25) is 11.8 Å². The highest BCUT2D eigenvalue weighted by atomic mass is 32.1. The molecule has 130 valence electrons. The number of thiophene rings is 1. The number of benzene rings is 1. The maximum absolute atomic E-state index is 12.8. The lowest BCUT2D eigenvalue weighted by atomic mass is 9.98. The number of hydrogen-bond acceptors (Lipinski definition) is 4. The van der Waals surface area contributed by atoms with Crippen LogP contribution in [0.4, 0.5) is 0 Å². The number of carbonyl (C=O) groups excluding carboxylic acids is 2. The lowest BCUT2D eigenvalue weighted by Gasteiger charge is -2.45. The molecule has 2 aliphatic heterocycles. The van der Waals surface area contributed by atoms with Gasteiger partial charge in [0.25, 0.3) is 0 Å². The van der Waals surface area contributed by atoms with Crippen LogP contribution in [0.15, 0.2) is 47.8 Å². The van der Waals surface area contributed by atoms with Crippen molar-refractivity contribution in [3.8, 4) is 0 Å². The first kappa shape index (κ1) is 16.3. The summed E-state index contributed by atoms with van der Waals surface area (Å²) >= 11 is 1.73. The molecule has 0 radical (unpaired) electrons. The molecule has 25 heavy (non-hydrogen) atoms. The van der Waals surface area contributed by atoms with E-state index in [9.17, 15) is 9.59 Å². The van der Waals surface area contributed by atoms with Crippen molar-refractivity contribution in [3.05, 3.63) is 58.3 Å². The van der Waals surface area contributed by atoms with E-state index in [4.69, 9.17) is 0 Å². The first-order valence-electron chi connectivity index (χ1n) is 8.60. The molecule has 0 unspecified atom stereocenters. The number of carbonyl (C=O) groups is 2. The highest BCUT2D eigenvalue weighted by Crippen LogP contribution is 2.20. The predicted octanol–water partition coefficient (Wildman–Crippen LogP) is 1.50. The van der Waals surface area contributed by atoms with Crippen molar-refractivity contribution in [2.45, 2.75) is 25.0 Å². The number of nitrogens with one attached hydrogen (secondary N) is 1. The van der Waals surface area contributed by atoms with Crippen molar-refractivity contribution >= 4 is 23.2 Å². The Kier molecular flexibility index (Phi) is 4.55. The minimum absolute atomic E-state index is 0.0311. The Morgan fingerprint density at radius 3 is 2.68 bits per heavy atom. The van der Waals surface area contributed by atoms with Crippen LogP contribution in [0.1, 0.15) is 10.4 Å². The minimum Gasteiger partial charge on any atom is -0.342 e. The average Bonchev–Trinajstić information content (AvgIpc) is 3.13. The second kappa shape index (κ2) is 6.98. The van der Waals surface area contributed by atoms with Crippen molar-refractivity contribution < 1.29 is 9.59 Å². The van der Waals surface area contributed by atoms with E-state index in [-0.39, 0.29) is 17.9 Å². The minimum atomic E-state index is -0.449. The molecule has 6 heteroatoms. The van der Waals surface area contributed by atoms with Gasteiger partial charge in [0.05, 0.1) is 0 Å². The van der Waals surface area contributed by atoms with E-state index in [1.165, 1.54) is 4.88 Å². The molecular weight excluding hydrogens is 334 g/mol. The maximum atomic E-state index is 12.8. The van der Waals surface area contributed by atoms with Gasteiger partial charge in [0, 0.05) is 37.5 Å². The number of amides is 2. The SMILES string of the molecule is O=C1N[C@@H](Cc2ccccc2)C(=O)N2CCN(Cc3cccs3)C[C@H]12. The van der Waals surface area contributed by atoms with E-state index in [0.29, 0.717) is 19.5 Å². The van der Waals surface area contributed by atoms with E-state index in [2.05, 4.69) is 21.7 Å². The fourth-order valence-corrected chi connectivity index (χ4v) is 4.36. The zero-order valence-electron chi connectivity index (χ0n) is 13.9. The summed E-state index contributed by atoms with van der Waals surface area (Å²) in [5.41, 5.74) is 1.07. The fraction of sp³-hybridized carbons (Fsp3) is 0.368. The molecule has 0 bridgehead atoms. The predicted molar refractivity (Wildman–Crippen MR) is 97.2 cm³/mol. The van der Waals surface area contributed by atoms with Crippen LogP contribution in [-0.4, -0.2) is 53.3 Å². The lowest BCUT2D eigenvalue weighted by Crippen LogP contribution is -2.69. The zero-order chi connectivity index (χ0) is 17.2. The third-order valence-electron chi connectivity index (χ3n) is 4.91. The monoisotopic (exact) mass is 355 g/mol. The molecule has 2 atom stereocenters. The Balaban J connectivity index is 1.43. The summed E-state index contributed by atoms with van der Waals surface area (Å²) < 4.78 is 0. The molecule has 5 nitrogen and oxygen atoms in total. The molecule has 2 amide bonds. The Bertz CT molecular complexity index is 747. The number of fused-ring (bicyclic) bond motifs is 1. The maximum Gasteiger partial charge on any atom is 0.246 e. The second-order valence-electron chi connectivity index (χ2n) is 6.61. The lowest BCUT2D eigenvalue weighted by molar-refractivity contribution is -0.153. The van der Waals surface area contributed by atoms with E-state index in [1.54, 1.807) is 16.2 Å². The van der Waals surface area contributed by atoms with E-state index < -0.39 is 6.04 Å². The number of piperazine rings is 2. The average molecular weight is 355 g/mol. The Morgan fingerprint density at radius 1 is 1.08 bits per heavy atom. The molecule has 1 aromatic carbocycles. The van der Waals surface area contributed by atoms with Crippen LogP contribution in [0.5, 0.6) is 0 Å². The van der Waals surface area contributed by atoms with Crippen LogP contribution in [0.3, 0.4) is 0 Å². The summed E-state index contributed by atoms with van der Waals surface area (Å²) in [5, 5.41) is 5.01. The van der Waals surface area contributed by atoms with Crippen molar-refractivity contribution in [2.24, 2.45) is 0 Å². The highest BCUT2D eigenvalue weighted by molar-refractivity contribution is 7.09. The van der Waals surface area contributed by atoms with Gasteiger partial charge in [0.1, 0.15) is 12.1 Å². The molecule has 2 saturated heterocycles. The third kappa shape index (κ3) is 3.45. The molecule has 1 N–H and O–H groups in total. The van der Waals surface area contributed by atoms with Gasteiger partial charge in [-0.15, -0.1) is 11.3 Å². The van der Waals surface area contributed by atoms with E-state index in [1.807, 2.05) is 36.4 Å². The standard InChI is InChI=1S/C19H21N3O2S/c23-18-17-13-21(12-15-7-4-10-25-15)8-9-22(17)19(24)16(20-18)11-14-5-2-1-3-6-14/h1-7,10,16-17H,8-9,11-13H2,(H,20,23)/t16-,17+/m0/s1. The molecule has 2 aromatic rings. The Labute approximate surface area is 151 Å². The Hall–Kier alpha value is -2.18. The van der Waals surface area contributed by atoms with Gasteiger partial charge in [-0.2, -0.15) is 0 Å². The van der Waals surface area contributed by atoms with Crippen molar-refractivity contribution in [2.75, 3.05) is 19.6 Å². The van der Waals surface area contributed by atoms with Crippen LogP contribution in [0, 0.1) is 0 Å². The summed E-state index contributed by atoms with van der Waals surface area (Å²) in [7, 11) is 0. The molecule has 1 aromatic heterocycles. The van der Waals surface area contributed by atoms with E-state index >= 15 is 0 Å². The van der Waals surface area contributed by atoms with E-state index in [0.717, 1.165) is 18.7 Å². The van der Waals surface area contributed by atoms with Gasteiger partial charge in [0.15, 0.2) is 0 Å². The molecule has 4 rings (SSSR count). The van der Waals surface area contributed by atoms with Crippen molar-refractivity contribution in [1.29, 1.82) is 0 Å². The van der Waals surface area contributed by atoms with Gasteiger partial charge in [-0.25, -0.2) is 0 Å². The second-order valence-corrected chi connectivity index (χ2v) is 7.65. The summed E-state index contributed by atoms with van der Waals surface area (Å²) in [6.07, 6.45) is 0.549. The number of nitrogens with zero attached hydrogens (tertiary/aromatic N) is 2. The van der Waals surface area contributed by atoms with Gasteiger partial charge in [-0.05, 0) is 17.0 Å². The van der Waals surface area contributed by atoms with Gasteiger partial charge < -0.3 is 10.2 Å². The van der Waals surface area contributed by atoms with Gasteiger partial charge in [-0.1, -0.05) is 36.4 Å². The number of rotatable bonds is 4. The van der Waals surface area contributed by atoms with Crippen molar-refractivity contribution in [1.82, 2.24) is 15.1 Å². The topological polar surface area (TPSA) is 52.7 Å². The fourth-order valence-electron chi connectivity index (χ4n) is 3.61. The molecule has 2 aliphatic rings. The molecular formula is C19H21N3O2S. The summed E-state index contributed by atoms with van der Waals surface area (Å²) in [6.45, 7) is 2.88. The molecule has 3 heterocycles. The molecule has 0 spiro atoms. The first-order valence-corrected chi connectivity index (χ1v) is 9.48. The van der Waals surface area contributed by atoms with Crippen LogP contribution in [0.2, 0.25) is 0 Å². The van der Waals surface area contributed by atoms with Gasteiger partial charge in [-0.3, -0.25) is 14.5 Å². The summed E-state index contributed by atoms with van der Waals surface area (Å²) in [5.74, 6) is 0.0145. The van der Waals surface area contributed by atoms with Crippen LogP contribution >= 0.6 is 11.3 Å². The first-order chi connectivity index (χ1) is 12.2. The van der Waals surface area contributed by atoms with Crippen LogP contribution < -0.4 is 5.32 Å². The quantitative estimate of drug-likeness (QED) is 0.904. The Morgan fingerprint density at radius 2 is 1.92 bits per heavy atom. The van der Waals surface area contributed by atoms with Crippen LogP contribution in [0.25, 0.3) is 0 Å². The molecule has 0 saturated carbocycles. The summed E-state index contributed by atoms with van der Waals surface area (Å²) in [6, 6.07) is 13.2. The normalized spacial score (nSPS) is 24.1. The highest BCUT2D eigenvalue weighted by Gasteiger charge is 2.43. The van der Waals surface area contributed by atoms with Crippen LogP contribution in [-0.2, 0) is 22.6 Å². The van der Waals surface area contributed by atoms with Gasteiger partial charge >= 0.3 is 0 Å². The molecule has 0 aliphatic carbocycles. The smallest absolute Gasteiger partial charge is 0.246 e.